The topological polar surface area (TPSA) is 55.1 Å². The minimum Gasteiger partial charge on any atom is -0.351 e. The lowest BCUT2D eigenvalue weighted by Crippen LogP contribution is -2.38. The molecule has 1 unspecified atom stereocenters. The molecule has 0 spiro atoms. The number of hydrogen-bond acceptors (Lipinski definition) is 2. The summed E-state index contributed by atoms with van der Waals surface area (Å²) in [5, 5.41) is 2.85. The van der Waals surface area contributed by atoms with Gasteiger partial charge in [-0.05, 0) is 24.1 Å². The van der Waals surface area contributed by atoms with Gasteiger partial charge in [0.25, 0.3) is 5.91 Å². The van der Waals surface area contributed by atoms with E-state index in [1.165, 1.54) is 0 Å². The van der Waals surface area contributed by atoms with Crippen LogP contribution in [0.5, 0.6) is 0 Å². The van der Waals surface area contributed by atoms with E-state index in [0.717, 1.165) is 16.7 Å². The number of benzene rings is 1. The summed E-state index contributed by atoms with van der Waals surface area (Å²) in [6.45, 7) is 3.27. The number of carbonyl (C=O) groups excluding carboxylic acids is 1. The lowest BCUT2D eigenvalue weighted by molar-refractivity contribution is 0.0940. The monoisotopic (exact) mass is 190 g/mol. The van der Waals surface area contributed by atoms with Crippen molar-refractivity contribution in [1.82, 2.24) is 5.32 Å². The number of fused-ring (bicyclic) bond motifs is 1. The van der Waals surface area contributed by atoms with Crippen molar-refractivity contribution in [3.63, 3.8) is 0 Å². The van der Waals surface area contributed by atoms with Gasteiger partial charge >= 0.3 is 0 Å². The summed E-state index contributed by atoms with van der Waals surface area (Å²) in [5.41, 5.74) is 8.75. The minimum atomic E-state index is 0.0217. The first-order valence-electron chi connectivity index (χ1n) is 4.82. The molecule has 14 heavy (non-hydrogen) atoms. The molecule has 0 bridgehead atoms. The molecule has 0 aromatic heterocycles. The molecule has 0 fully saturated rings. The van der Waals surface area contributed by atoms with Crippen LogP contribution in [0.25, 0.3) is 0 Å². The number of hydrogen-bond donors (Lipinski definition) is 2. The Morgan fingerprint density at radius 1 is 1.57 bits per heavy atom. The second-order valence-corrected chi connectivity index (χ2v) is 3.68. The summed E-state index contributed by atoms with van der Waals surface area (Å²) >= 11 is 0. The van der Waals surface area contributed by atoms with E-state index in [2.05, 4.69) is 5.32 Å². The van der Waals surface area contributed by atoms with Crippen molar-refractivity contribution in [3.05, 3.63) is 34.9 Å². The highest BCUT2D eigenvalue weighted by atomic mass is 16.1. The minimum absolute atomic E-state index is 0.0217. The number of nitrogens with one attached hydrogen (secondary N) is 1. The summed E-state index contributed by atoms with van der Waals surface area (Å²) < 4.78 is 0. The standard InChI is InChI=1S/C11H14N2O/c1-7-3-2-4-9-10(7)8(5-12)6-13-11(9)14/h2-4,8H,5-6,12H2,1H3,(H,13,14). The number of rotatable bonds is 1. The highest BCUT2D eigenvalue weighted by molar-refractivity contribution is 5.97. The van der Waals surface area contributed by atoms with Crippen molar-refractivity contribution in [1.29, 1.82) is 0 Å². The fourth-order valence-corrected chi connectivity index (χ4v) is 2.03. The molecule has 74 valence electrons. The van der Waals surface area contributed by atoms with Gasteiger partial charge in [0.15, 0.2) is 0 Å². The van der Waals surface area contributed by atoms with Gasteiger partial charge in [-0.25, -0.2) is 0 Å². The van der Waals surface area contributed by atoms with Crippen LogP contribution in [0.4, 0.5) is 0 Å². The molecule has 1 aliphatic rings. The maximum atomic E-state index is 11.5. The molecule has 1 aromatic carbocycles. The van der Waals surface area contributed by atoms with Gasteiger partial charge in [-0.3, -0.25) is 4.79 Å². The molecule has 0 saturated heterocycles. The first-order chi connectivity index (χ1) is 6.74. The first-order valence-corrected chi connectivity index (χ1v) is 4.82. The van der Waals surface area contributed by atoms with Crippen molar-refractivity contribution in [2.75, 3.05) is 13.1 Å². The zero-order valence-corrected chi connectivity index (χ0v) is 8.21. The molecule has 0 aliphatic carbocycles. The number of amides is 1. The van der Waals surface area contributed by atoms with Gasteiger partial charge in [0.2, 0.25) is 0 Å². The molecule has 0 saturated carbocycles. The quantitative estimate of drug-likeness (QED) is 0.687. The first kappa shape index (κ1) is 9.21. The Bertz CT molecular complexity index is 374. The SMILES string of the molecule is Cc1cccc2c1C(CN)CNC2=O. The Balaban J connectivity index is 2.57. The lowest BCUT2D eigenvalue weighted by atomic mass is 9.87. The zero-order chi connectivity index (χ0) is 10.1. The van der Waals surface area contributed by atoms with Crippen LogP contribution in [0, 0.1) is 6.92 Å². The van der Waals surface area contributed by atoms with Gasteiger partial charge < -0.3 is 11.1 Å². The molecule has 3 N–H and O–H groups in total. The fraction of sp³-hybridized carbons (Fsp3) is 0.364. The normalized spacial score (nSPS) is 20.1. The van der Waals surface area contributed by atoms with Crippen molar-refractivity contribution in [3.8, 4) is 0 Å². The van der Waals surface area contributed by atoms with E-state index in [0.29, 0.717) is 13.1 Å². The summed E-state index contributed by atoms with van der Waals surface area (Å²) in [4.78, 5) is 11.5. The molecule has 1 amide bonds. The Labute approximate surface area is 83.3 Å². The summed E-state index contributed by atoms with van der Waals surface area (Å²) in [6.07, 6.45) is 0. The molecule has 0 radical (unpaired) electrons. The van der Waals surface area contributed by atoms with E-state index in [1.807, 2.05) is 25.1 Å². The number of aryl methyl sites for hydroxylation is 1. The van der Waals surface area contributed by atoms with Gasteiger partial charge in [-0.2, -0.15) is 0 Å². The largest absolute Gasteiger partial charge is 0.351 e. The van der Waals surface area contributed by atoms with Crippen LogP contribution in [-0.4, -0.2) is 19.0 Å². The molecule has 1 atom stereocenters. The highest BCUT2D eigenvalue weighted by Gasteiger charge is 2.25. The second-order valence-electron chi connectivity index (χ2n) is 3.68. The highest BCUT2D eigenvalue weighted by Crippen LogP contribution is 2.26. The predicted octanol–water partition coefficient (Wildman–Crippen LogP) is 0.781. The zero-order valence-electron chi connectivity index (χ0n) is 8.21. The van der Waals surface area contributed by atoms with E-state index in [9.17, 15) is 4.79 Å². The maximum Gasteiger partial charge on any atom is 0.251 e. The maximum absolute atomic E-state index is 11.5. The lowest BCUT2D eigenvalue weighted by Gasteiger charge is -2.26. The van der Waals surface area contributed by atoms with E-state index in [-0.39, 0.29) is 11.8 Å². The van der Waals surface area contributed by atoms with Gasteiger partial charge in [0.05, 0.1) is 0 Å². The van der Waals surface area contributed by atoms with Crippen molar-refractivity contribution in [2.45, 2.75) is 12.8 Å². The Morgan fingerprint density at radius 2 is 2.36 bits per heavy atom. The summed E-state index contributed by atoms with van der Waals surface area (Å²) in [5.74, 6) is 0.289. The number of nitrogens with two attached hydrogens (primary N) is 1. The van der Waals surface area contributed by atoms with Crippen LogP contribution in [0.1, 0.15) is 27.4 Å². The third-order valence-corrected chi connectivity index (χ3v) is 2.77. The van der Waals surface area contributed by atoms with Crippen LogP contribution in [0.3, 0.4) is 0 Å². The molecule has 2 rings (SSSR count). The van der Waals surface area contributed by atoms with E-state index >= 15 is 0 Å². The van der Waals surface area contributed by atoms with Gasteiger partial charge in [-0.15, -0.1) is 0 Å². The Kier molecular flexibility index (Phi) is 2.25. The molecular formula is C11H14N2O. The average molecular weight is 190 g/mol. The van der Waals surface area contributed by atoms with Gasteiger partial charge in [0.1, 0.15) is 0 Å². The Morgan fingerprint density at radius 3 is 3.07 bits per heavy atom. The molecular weight excluding hydrogens is 176 g/mol. The van der Waals surface area contributed by atoms with Crippen LogP contribution in [-0.2, 0) is 0 Å². The fourth-order valence-electron chi connectivity index (χ4n) is 2.03. The average Bonchev–Trinajstić information content (AvgIpc) is 2.20. The summed E-state index contributed by atoms with van der Waals surface area (Å²) in [6, 6.07) is 5.80. The smallest absolute Gasteiger partial charge is 0.251 e. The van der Waals surface area contributed by atoms with E-state index in [1.54, 1.807) is 0 Å². The second kappa shape index (κ2) is 3.42. The molecule has 1 aliphatic heterocycles. The third kappa shape index (κ3) is 1.30. The Hall–Kier alpha value is -1.35. The van der Waals surface area contributed by atoms with Gasteiger partial charge in [-0.1, -0.05) is 12.1 Å². The van der Waals surface area contributed by atoms with E-state index < -0.39 is 0 Å². The van der Waals surface area contributed by atoms with Crippen LogP contribution >= 0.6 is 0 Å². The van der Waals surface area contributed by atoms with E-state index in [4.69, 9.17) is 5.73 Å². The molecule has 3 nitrogen and oxygen atoms in total. The molecule has 1 heterocycles. The summed E-state index contributed by atoms with van der Waals surface area (Å²) in [7, 11) is 0. The van der Waals surface area contributed by atoms with Crippen molar-refractivity contribution in [2.24, 2.45) is 5.73 Å². The predicted molar refractivity (Wildman–Crippen MR) is 55.3 cm³/mol. The number of carbonyl (C=O) groups is 1. The van der Waals surface area contributed by atoms with Gasteiger partial charge in [0, 0.05) is 24.6 Å². The molecule has 3 heteroatoms. The van der Waals surface area contributed by atoms with Crippen molar-refractivity contribution >= 4 is 5.91 Å². The van der Waals surface area contributed by atoms with Crippen LogP contribution < -0.4 is 11.1 Å². The van der Waals surface area contributed by atoms with Crippen LogP contribution in [0.2, 0.25) is 0 Å². The molecule has 1 aromatic rings. The van der Waals surface area contributed by atoms with Crippen LogP contribution in [0.15, 0.2) is 18.2 Å². The van der Waals surface area contributed by atoms with Crippen molar-refractivity contribution < 1.29 is 4.79 Å². The third-order valence-electron chi connectivity index (χ3n) is 2.77.